The van der Waals surface area contributed by atoms with E-state index < -0.39 is 0 Å². The molecule has 1 aromatic heterocycles. The van der Waals surface area contributed by atoms with Crippen LogP contribution in [0, 0.1) is 6.92 Å². The first-order chi connectivity index (χ1) is 14.5. The smallest absolute Gasteiger partial charge is 0.260 e. The maximum atomic E-state index is 13.4. The first kappa shape index (κ1) is 22.5. The van der Waals surface area contributed by atoms with Crippen molar-refractivity contribution in [1.29, 1.82) is 0 Å². The van der Waals surface area contributed by atoms with Crippen molar-refractivity contribution < 1.29 is 9.53 Å². The minimum Gasteiger partial charge on any atom is -0.494 e. The van der Waals surface area contributed by atoms with Crippen molar-refractivity contribution in [3.05, 3.63) is 52.5 Å². The topological polar surface area (TPSA) is 45.7 Å². The van der Waals surface area contributed by atoms with Gasteiger partial charge in [0.25, 0.3) is 5.91 Å². The third-order valence-electron chi connectivity index (χ3n) is 5.06. The van der Waals surface area contributed by atoms with Crippen LogP contribution in [-0.2, 0) is 0 Å². The fourth-order valence-electron chi connectivity index (χ4n) is 3.34. The number of carbonyl (C=O) groups excluding carboxylic acids is 1. The molecule has 0 bridgehead atoms. The van der Waals surface area contributed by atoms with Crippen LogP contribution in [0.5, 0.6) is 5.75 Å². The monoisotopic (exact) mass is 445 g/mol. The number of nitrogens with zero attached hydrogens (tertiary/aromatic N) is 3. The molecular formula is C23H28ClN3O2S. The second-order valence-electron chi connectivity index (χ2n) is 7.01. The van der Waals surface area contributed by atoms with E-state index in [1.54, 1.807) is 4.90 Å². The molecule has 3 rings (SSSR count). The van der Waals surface area contributed by atoms with Gasteiger partial charge in [0.2, 0.25) is 0 Å². The Bertz CT molecular complexity index is 1000. The average molecular weight is 446 g/mol. The van der Waals surface area contributed by atoms with Gasteiger partial charge in [0.1, 0.15) is 5.75 Å². The van der Waals surface area contributed by atoms with Crippen molar-refractivity contribution in [2.24, 2.45) is 0 Å². The van der Waals surface area contributed by atoms with E-state index in [2.05, 4.69) is 18.7 Å². The first-order valence-electron chi connectivity index (χ1n) is 10.3. The normalized spacial score (nSPS) is 11.3. The van der Waals surface area contributed by atoms with Gasteiger partial charge < -0.3 is 9.64 Å². The molecule has 7 heteroatoms. The second kappa shape index (κ2) is 10.2. The van der Waals surface area contributed by atoms with Crippen LogP contribution in [-0.4, -0.2) is 48.6 Å². The lowest BCUT2D eigenvalue weighted by molar-refractivity contribution is 0.0983. The molecule has 0 atom stereocenters. The maximum Gasteiger partial charge on any atom is 0.260 e. The molecule has 0 fully saturated rings. The Morgan fingerprint density at radius 3 is 2.43 bits per heavy atom. The Hall–Kier alpha value is -2.15. The highest BCUT2D eigenvalue weighted by atomic mass is 35.5. The molecule has 1 amide bonds. The predicted octanol–water partition coefficient (Wildman–Crippen LogP) is 5.65. The SMILES string of the molecule is CCOc1ccc(C(=O)N(CCN(CC)CC)c2nc3c(C)cc(Cl)cc3s2)cc1. The lowest BCUT2D eigenvalue weighted by Gasteiger charge is -2.24. The summed E-state index contributed by atoms with van der Waals surface area (Å²) in [5, 5.41) is 1.38. The van der Waals surface area contributed by atoms with Crippen LogP contribution in [0.4, 0.5) is 5.13 Å². The summed E-state index contributed by atoms with van der Waals surface area (Å²) in [6, 6.07) is 11.1. The van der Waals surface area contributed by atoms with Gasteiger partial charge in [0, 0.05) is 23.7 Å². The summed E-state index contributed by atoms with van der Waals surface area (Å²) < 4.78 is 6.49. The van der Waals surface area contributed by atoms with Crippen molar-refractivity contribution in [1.82, 2.24) is 9.88 Å². The quantitative estimate of drug-likeness (QED) is 0.427. The van der Waals surface area contributed by atoms with E-state index in [9.17, 15) is 4.79 Å². The van der Waals surface area contributed by atoms with Gasteiger partial charge in [-0.15, -0.1) is 0 Å². The minimum absolute atomic E-state index is 0.0620. The molecule has 0 N–H and O–H groups in total. The first-order valence-corrected chi connectivity index (χ1v) is 11.5. The van der Waals surface area contributed by atoms with E-state index >= 15 is 0 Å². The van der Waals surface area contributed by atoms with E-state index in [4.69, 9.17) is 21.3 Å². The number of hydrogen-bond acceptors (Lipinski definition) is 5. The number of likely N-dealkylation sites (N-methyl/N-ethyl adjacent to an activating group) is 1. The minimum atomic E-state index is -0.0620. The number of amides is 1. The summed E-state index contributed by atoms with van der Waals surface area (Å²) in [4.78, 5) is 22.3. The van der Waals surface area contributed by atoms with Crippen LogP contribution in [0.2, 0.25) is 5.02 Å². The lowest BCUT2D eigenvalue weighted by atomic mass is 10.2. The standard InChI is InChI=1S/C23H28ClN3O2S/c1-5-26(6-2)12-13-27(22(28)17-8-10-19(11-9-17)29-7-3)23-25-21-16(4)14-18(24)15-20(21)30-23/h8-11,14-15H,5-7,12-13H2,1-4H3. The van der Waals surface area contributed by atoms with Crippen LogP contribution in [0.25, 0.3) is 10.2 Å². The van der Waals surface area contributed by atoms with E-state index in [0.29, 0.717) is 28.9 Å². The molecule has 1 heterocycles. The van der Waals surface area contributed by atoms with Crippen molar-refractivity contribution >= 4 is 44.2 Å². The van der Waals surface area contributed by atoms with E-state index in [-0.39, 0.29) is 5.91 Å². The molecule has 0 saturated carbocycles. The van der Waals surface area contributed by atoms with Gasteiger partial charge >= 0.3 is 0 Å². The number of anilines is 1. The molecule has 0 saturated heterocycles. The summed E-state index contributed by atoms with van der Waals surface area (Å²) in [5.41, 5.74) is 2.52. The fourth-order valence-corrected chi connectivity index (χ4v) is 4.78. The molecule has 30 heavy (non-hydrogen) atoms. The van der Waals surface area contributed by atoms with Gasteiger partial charge in [-0.25, -0.2) is 4.98 Å². The highest BCUT2D eigenvalue weighted by Gasteiger charge is 2.22. The fraction of sp³-hybridized carbons (Fsp3) is 0.391. The number of carbonyl (C=O) groups is 1. The third kappa shape index (κ3) is 5.12. The summed E-state index contributed by atoms with van der Waals surface area (Å²) in [5.74, 6) is 0.696. The van der Waals surface area contributed by atoms with Gasteiger partial charge in [-0.1, -0.05) is 36.8 Å². The molecule has 0 spiro atoms. The Morgan fingerprint density at radius 2 is 1.80 bits per heavy atom. The molecule has 160 valence electrons. The Morgan fingerprint density at radius 1 is 1.10 bits per heavy atom. The second-order valence-corrected chi connectivity index (χ2v) is 8.45. The number of fused-ring (bicyclic) bond motifs is 1. The number of ether oxygens (including phenoxy) is 1. The Balaban J connectivity index is 1.95. The molecule has 0 radical (unpaired) electrons. The van der Waals surface area contributed by atoms with Crippen molar-refractivity contribution in [2.45, 2.75) is 27.7 Å². The van der Waals surface area contributed by atoms with E-state index in [1.165, 1.54) is 11.3 Å². The van der Waals surface area contributed by atoms with Crippen molar-refractivity contribution in [3.63, 3.8) is 0 Å². The van der Waals surface area contributed by atoms with Crippen LogP contribution in [0.1, 0.15) is 36.7 Å². The number of aromatic nitrogens is 1. The average Bonchev–Trinajstić information content (AvgIpc) is 3.16. The van der Waals surface area contributed by atoms with Crippen LogP contribution >= 0.6 is 22.9 Å². The molecule has 2 aromatic carbocycles. The van der Waals surface area contributed by atoms with Gasteiger partial charge in [-0.05, 0) is 68.9 Å². The molecule has 0 unspecified atom stereocenters. The van der Waals surface area contributed by atoms with Gasteiger partial charge in [-0.2, -0.15) is 0 Å². The highest BCUT2D eigenvalue weighted by Crippen LogP contribution is 2.33. The zero-order chi connectivity index (χ0) is 21.7. The summed E-state index contributed by atoms with van der Waals surface area (Å²) in [6.45, 7) is 12.0. The number of halogens is 1. The van der Waals surface area contributed by atoms with Crippen molar-refractivity contribution in [3.8, 4) is 5.75 Å². The third-order valence-corrected chi connectivity index (χ3v) is 6.31. The van der Waals surface area contributed by atoms with Crippen LogP contribution < -0.4 is 9.64 Å². The molecule has 3 aromatic rings. The molecule has 0 aliphatic rings. The Kier molecular flexibility index (Phi) is 7.69. The molecule has 5 nitrogen and oxygen atoms in total. The number of thiazole rings is 1. The molecule has 0 aliphatic heterocycles. The number of hydrogen-bond donors (Lipinski definition) is 0. The number of rotatable bonds is 9. The zero-order valence-corrected chi connectivity index (χ0v) is 19.5. The highest BCUT2D eigenvalue weighted by molar-refractivity contribution is 7.22. The lowest BCUT2D eigenvalue weighted by Crippen LogP contribution is -2.38. The van der Waals surface area contributed by atoms with E-state index in [1.807, 2.05) is 50.2 Å². The molecular weight excluding hydrogens is 418 g/mol. The number of benzene rings is 2. The molecule has 0 aliphatic carbocycles. The van der Waals surface area contributed by atoms with E-state index in [0.717, 1.165) is 41.2 Å². The largest absolute Gasteiger partial charge is 0.494 e. The van der Waals surface area contributed by atoms with Crippen LogP contribution in [0.15, 0.2) is 36.4 Å². The van der Waals surface area contributed by atoms with Gasteiger partial charge in [-0.3, -0.25) is 9.69 Å². The predicted molar refractivity (Wildman–Crippen MR) is 126 cm³/mol. The summed E-state index contributed by atoms with van der Waals surface area (Å²) in [6.07, 6.45) is 0. The summed E-state index contributed by atoms with van der Waals surface area (Å²) in [7, 11) is 0. The van der Waals surface area contributed by atoms with Crippen molar-refractivity contribution in [2.75, 3.05) is 37.7 Å². The summed E-state index contributed by atoms with van der Waals surface area (Å²) >= 11 is 7.73. The zero-order valence-electron chi connectivity index (χ0n) is 17.9. The maximum absolute atomic E-state index is 13.4. The van der Waals surface area contributed by atoms with Gasteiger partial charge in [0.15, 0.2) is 5.13 Å². The van der Waals surface area contributed by atoms with Crippen LogP contribution in [0.3, 0.4) is 0 Å². The Labute approximate surface area is 187 Å². The number of aryl methyl sites for hydroxylation is 1. The van der Waals surface area contributed by atoms with Gasteiger partial charge in [0.05, 0.1) is 16.8 Å².